The van der Waals surface area contributed by atoms with Gasteiger partial charge in [0.2, 0.25) is 0 Å². The first kappa shape index (κ1) is 16.1. The molecule has 1 aromatic heterocycles. The number of aliphatic hydroxyl groups excluding tert-OH is 1. The van der Waals surface area contributed by atoms with E-state index >= 15 is 0 Å². The maximum atomic E-state index is 12.9. The highest BCUT2D eigenvalue weighted by molar-refractivity contribution is 7.09. The maximum absolute atomic E-state index is 12.9. The predicted octanol–water partition coefficient (Wildman–Crippen LogP) is 3.54. The molecule has 3 nitrogen and oxygen atoms in total. The van der Waals surface area contributed by atoms with Gasteiger partial charge >= 0.3 is 0 Å². The molecular weight excluding hydrogens is 287 g/mol. The lowest BCUT2D eigenvalue weighted by atomic mass is 9.99. The molecule has 5 heteroatoms. The Hall–Kier alpha value is -1.30. The third kappa shape index (κ3) is 3.87. The van der Waals surface area contributed by atoms with Crippen molar-refractivity contribution >= 4 is 11.3 Å². The average Bonchev–Trinajstić information content (AvgIpc) is 2.92. The van der Waals surface area contributed by atoms with Crippen LogP contribution in [0.25, 0.3) is 0 Å². The van der Waals surface area contributed by atoms with Crippen LogP contribution in [-0.4, -0.2) is 16.6 Å². The predicted molar refractivity (Wildman–Crippen MR) is 83.9 cm³/mol. The lowest BCUT2D eigenvalue weighted by molar-refractivity contribution is 0.157. The van der Waals surface area contributed by atoms with E-state index in [4.69, 9.17) is 0 Å². The molecule has 0 amide bonds. The zero-order valence-electron chi connectivity index (χ0n) is 12.6. The fourth-order valence-electron chi connectivity index (χ4n) is 2.08. The molecule has 0 aliphatic carbocycles. The average molecular weight is 308 g/mol. The quantitative estimate of drug-likeness (QED) is 0.858. The molecule has 0 fully saturated rings. The first-order valence-electron chi connectivity index (χ1n) is 7.06. The number of halogens is 1. The molecule has 0 saturated carbocycles. The smallest absolute Gasteiger partial charge is 0.123 e. The van der Waals surface area contributed by atoms with E-state index in [2.05, 4.69) is 24.1 Å². The van der Waals surface area contributed by atoms with E-state index in [-0.39, 0.29) is 11.4 Å². The molecule has 0 bridgehead atoms. The molecule has 0 spiro atoms. The molecule has 2 aromatic rings. The second-order valence-corrected chi connectivity index (χ2v) is 6.29. The number of nitrogens with one attached hydrogen (secondary N) is 1. The zero-order valence-corrected chi connectivity index (χ0v) is 13.4. The minimum absolute atomic E-state index is 0.264. The lowest BCUT2D eigenvalue weighted by Crippen LogP contribution is -2.41. The van der Waals surface area contributed by atoms with E-state index in [9.17, 15) is 9.50 Å². The number of hydrogen-bond acceptors (Lipinski definition) is 4. The highest BCUT2D eigenvalue weighted by Crippen LogP contribution is 2.28. The molecule has 1 aromatic carbocycles. The van der Waals surface area contributed by atoms with Gasteiger partial charge in [0.25, 0.3) is 0 Å². The number of nitrogens with zero attached hydrogens (tertiary/aromatic N) is 1. The molecule has 0 aliphatic rings. The Morgan fingerprint density at radius 2 is 2.05 bits per heavy atom. The van der Waals surface area contributed by atoms with Gasteiger partial charge < -0.3 is 10.4 Å². The van der Waals surface area contributed by atoms with Crippen LogP contribution in [0.5, 0.6) is 0 Å². The summed E-state index contributed by atoms with van der Waals surface area (Å²) in [6.07, 6.45) is 0.202. The molecule has 0 radical (unpaired) electrons. The van der Waals surface area contributed by atoms with Crippen molar-refractivity contribution in [3.8, 4) is 0 Å². The minimum atomic E-state index is -0.669. The van der Waals surface area contributed by atoms with Crippen molar-refractivity contribution in [1.82, 2.24) is 10.3 Å². The van der Waals surface area contributed by atoms with Gasteiger partial charge in [-0.15, -0.1) is 11.3 Å². The fourth-order valence-corrected chi connectivity index (χ4v) is 3.09. The highest BCUT2D eigenvalue weighted by Gasteiger charge is 2.28. The summed E-state index contributed by atoms with van der Waals surface area (Å²) in [6.45, 7) is 6.55. The molecule has 0 aliphatic heterocycles. The number of aryl methyl sites for hydroxylation is 1. The third-order valence-corrected chi connectivity index (χ3v) is 4.96. The molecule has 21 heavy (non-hydrogen) atoms. The molecule has 2 rings (SSSR count). The summed E-state index contributed by atoms with van der Waals surface area (Å²) < 4.78 is 12.9. The Balaban J connectivity index is 2.04. The standard InChI is InChI=1S/C16H21FN2OS/c1-4-16(3,15-19-11(2)10-21-15)18-9-14(20)12-5-7-13(17)8-6-12/h5-8,10,14,18,20H,4,9H2,1-3H3. The van der Waals surface area contributed by atoms with Gasteiger partial charge in [-0.1, -0.05) is 19.1 Å². The number of aliphatic hydroxyl groups is 1. The largest absolute Gasteiger partial charge is 0.387 e. The summed E-state index contributed by atoms with van der Waals surface area (Å²) in [6, 6.07) is 5.94. The molecule has 2 N–H and O–H groups in total. The van der Waals surface area contributed by atoms with E-state index in [1.165, 1.54) is 12.1 Å². The number of thiazole rings is 1. The van der Waals surface area contributed by atoms with Gasteiger partial charge in [-0.05, 0) is 38.0 Å². The van der Waals surface area contributed by atoms with Crippen molar-refractivity contribution in [2.24, 2.45) is 0 Å². The van der Waals surface area contributed by atoms with Gasteiger partial charge in [-0.25, -0.2) is 9.37 Å². The molecule has 114 valence electrons. The van der Waals surface area contributed by atoms with Crippen LogP contribution in [0.15, 0.2) is 29.6 Å². The van der Waals surface area contributed by atoms with Crippen LogP contribution in [0.3, 0.4) is 0 Å². The van der Waals surface area contributed by atoms with Gasteiger partial charge in [0, 0.05) is 17.6 Å². The first-order chi connectivity index (χ1) is 9.94. The van der Waals surface area contributed by atoms with Crippen LogP contribution in [0.1, 0.15) is 42.6 Å². The van der Waals surface area contributed by atoms with Crippen LogP contribution >= 0.6 is 11.3 Å². The Bertz CT molecular complexity index is 584. The number of aromatic nitrogens is 1. The summed E-state index contributed by atoms with van der Waals surface area (Å²) in [4.78, 5) is 4.54. The van der Waals surface area contributed by atoms with Crippen molar-refractivity contribution in [2.75, 3.05) is 6.54 Å². The van der Waals surface area contributed by atoms with Gasteiger partial charge in [-0.3, -0.25) is 0 Å². The van der Waals surface area contributed by atoms with Gasteiger partial charge in [0.1, 0.15) is 10.8 Å². The van der Waals surface area contributed by atoms with Crippen molar-refractivity contribution in [2.45, 2.75) is 38.8 Å². The van der Waals surface area contributed by atoms with Crippen LogP contribution in [0.4, 0.5) is 4.39 Å². The van der Waals surface area contributed by atoms with Crippen LogP contribution in [-0.2, 0) is 5.54 Å². The van der Waals surface area contributed by atoms with Gasteiger partial charge in [0.05, 0.1) is 11.6 Å². The van der Waals surface area contributed by atoms with Crippen LogP contribution in [0.2, 0.25) is 0 Å². The fraction of sp³-hybridized carbons (Fsp3) is 0.438. The van der Waals surface area contributed by atoms with Gasteiger partial charge in [0.15, 0.2) is 0 Å². The van der Waals surface area contributed by atoms with Crippen molar-refractivity contribution in [3.05, 3.63) is 51.7 Å². The van der Waals surface area contributed by atoms with E-state index in [1.807, 2.05) is 12.3 Å². The first-order valence-corrected chi connectivity index (χ1v) is 7.94. The normalized spacial score (nSPS) is 15.7. The Kier molecular flexibility index (Phi) is 5.08. The summed E-state index contributed by atoms with van der Waals surface area (Å²) in [7, 11) is 0. The van der Waals surface area contributed by atoms with Crippen molar-refractivity contribution in [1.29, 1.82) is 0 Å². The van der Waals surface area contributed by atoms with Crippen molar-refractivity contribution in [3.63, 3.8) is 0 Å². The molecular formula is C16H21FN2OS. The van der Waals surface area contributed by atoms with Crippen molar-refractivity contribution < 1.29 is 9.50 Å². The molecule has 0 saturated heterocycles. The molecule has 1 heterocycles. The number of benzene rings is 1. The summed E-state index contributed by atoms with van der Waals surface area (Å²) in [5, 5.41) is 16.7. The van der Waals surface area contributed by atoms with Crippen LogP contribution < -0.4 is 5.32 Å². The maximum Gasteiger partial charge on any atom is 0.123 e. The van der Waals surface area contributed by atoms with E-state index in [1.54, 1.807) is 23.5 Å². The van der Waals surface area contributed by atoms with E-state index < -0.39 is 6.10 Å². The summed E-state index contributed by atoms with van der Waals surface area (Å²) in [5.41, 5.74) is 1.45. The SMILES string of the molecule is CCC(C)(NCC(O)c1ccc(F)cc1)c1nc(C)cs1. The summed E-state index contributed by atoms with van der Waals surface area (Å²) >= 11 is 1.63. The van der Waals surface area contributed by atoms with Crippen LogP contribution in [0, 0.1) is 12.7 Å². The number of rotatable bonds is 6. The highest BCUT2D eigenvalue weighted by atomic mass is 32.1. The second kappa shape index (κ2) is 6.64. The zero-order chi connectivity index (χ0) is 15.5. The van der Waals surface area contributed by atoms with E-state index in [0.717, 1.165) is 17.1 Å². The van der Waals surface area contributed by atoms with Gasteiger partial charge in [-0.2, -0.15) is 0 Å². The Morgan fingerprint density at radius 3 is 2.57 bits per heavy atom. The Labute approximate surface area is 128 Å². The lowest BCUT2D eigenvalue weighted by Gasteiger charge is -2.29. The Morgan fingerprint density at radius 1 is 1.38 bits per heavy atom. The number of hydrogen-bond donors (Lipinski definition) is 2. The minimum Gasteiger partial charge on any atom is -0.387 e. The third-order valence-electron chi connectivity index (χ3n) is 3.74. The second-order valence-electron chi connectivity index (χ2n) is 5.43. The summed E-state index contributed by atoms with van der Waals surface area (Å²) in [5.74, 6) is -0.296. The molecule has 2 unspecified atom stereocenters. The molecule has 2 atom stereocenters. The monoisotopic (exact) mass is 308 g/mol. The topological polar surface area (TPSA) is 45.1 Å². The van der Waals surface area contributed by atoms with E-state index in [0.29, 0.717) is 12.1 Å².